The summed E-state index contributed by atoms with van der Waals surface area (Å²) in [6.45, 7) is 0.582. The second-order valence-corrected chi connectivity index (χ2v) is 9.05. The summed E-state index contributed by atoms with van der Waals surface area (Å²) in [5.74, 6) is 2.12. The van der Waals surface area contributed by atoms with Crippen LogP contribution in [0.3, 0.4) is 0 Å². The van der Waals surface area contributed by atoms with E-state index < -0.39 is 10.0 Å². The molecule has 1 heterocycles. The van der Waals surface area contributed by atoms with E-state index in [0.29, 0.717) is 21.0 Å². The van der Waals surface area contributed by atoms with E-state index in [-0.39, 0.29) is 0 Å². The molecule has 3 atom stereocenters. The van der Waals surface area contributed by atoms with Crippen LogP contribution in [0.5, 0.6) is 0 Å². The average molecular weight is 306 g/mol. The summed E-state index contributed by atoms with van der Waals surface area (Å²) < 4.78 is 27.7. The molecule has 3 nitrogen and oxygen atoms in total. The maximum Gasteiger partial charge on any atom is 0.250 e. The van der Waals surface area contributed by atoms with Crippen LogP contribution in [0.2, 0.25) is 4.34 Å². The lowest BCUT2D eigenvalue weighted by molar-refractivity contribution is 0.333. The van der Waals surface area contributed by atoms with Gasteiger partial charge in [0.25, 0.3) is 0 Å². The molecule has 2 bridgehead atoms. The highest BCUT2D eigenvalue weighted by Crippen LogP contribution is 2.48. The van der Waals surface area contributed by atoms with Crippen LogP contribution in [0, 0.1) is 17.8 Å². The van der Waals surface area contributed by atoms with E-state index >= 15 is 0 Å². The Balaban J connectivity index is 1.63. The van der Waals surface area contributed by atoms with Gasteiger partial charge in [0.15, 0.2) is 0 Å². The maximum absolute atomic E-state index is 12.0. The lowest BCUT2D eigenvalue weighted by Gasteiger charge is -2.21. The molecular weight excluding hydrogens is 290 g/mol. The smallest absolute Gasteiger partial charge is 0.210 e. The third-order valence-electron chi connectivity index (χ3n) is 4.23. The van der Waals surface area contributed by atoms with Crippen molar-refractivity contribution in [3.05, 3.63) is 16.5 Å². The largest absolute Gasteiger partial charge is 0.250 e. The van der Waals surface area contributed by atoms with Gasteiger partial charge in [-0.3, -0.25) is 0 Å². The molecule has 100 valence electrons. The predicted octanol–water partition coefficient (Wildman–Crippen LogP) is 3.12. The van der Waals surface area contributed by atoms with Crippen LogP contribution in [-0.4, -0.2) is 15.0 Å². The van der Waals surface area contributed by atoms with Crippen LogP contribution in [-0.2, 0) is 10.0 Å². The number of nitrogens with one attached hydrogen (secondary N) is 1. The minimum absolute atomic E-state index is 0.315. The van der Waals surface area contributed by atoms with E-state index in [4.69, 9.17) is 11.6 Å². The summed E-state index contributed by atoms with van der Waals surface area (Å²) in [6, 6.07) is 3.19. The lowest BCUT2D eigenvalue weighted by atomic mass is 9.89. The Kier molecular flexibility index (Phi) is 3.43. The number of thiophene rings is 1. The normalized spacial score (nSPS) is 31.1. The van der Waals surface area contributed by atoms with Crippen LogP contribution in [0.25, 0.3) is 0 Å². The van der Waals surface area contributed by atoms with Crippen LogP contribution in [0.15, 0.2) is 16.3 Å². The number of fused-ring (bicyclic) bond motifs is 2. The summed E-state index contributed by atoms with van der Waals surface area (Å²) in [5, 5.41) is 0. The van der Waals surface area contributed by atoms with Crippen molar-refractivity contribution in [2.24, 2.45) is 17.8 Å². The predicted molar refractivity (Wildman–Crippen MR) is 73.5 cm³/mol. The zero-order valence-electron chi connectivity index (χ0n) is 9.93. The standard InChI is InChI=1S/C12H16ClNO2S2/c13-11-3-4-12(17-11)18(15,16)14-7-10-6-8-1-2-9(10)5-8/h3-4,8-10,14H,1-2,5-7H2/t8-,9+,10+/m1/s1. The van der Waals surface area contributed by atoms with Gasteiger partial charge in [-0.05, 0) is 49.1 Å². The molecule has 0 aliphatic heterocycles. The van der Waals surface area contributed by atoms with Gasteiger partial charge in [0.05, 0.1) is 4.34 Å². The van der Waals surface area contributed by atoms with Crippen LogP contribution in [0.1, 0.15) is 25.7 Å². The third kappa shape index (κ3) is 2.46. The zero-order valence-corrected chi connectivity index (χ0v) is 12.3. The van der Waals surface area contributed by atoms with Crippen molar-refractivity contribution in [2.75, 3.05) is 6.54 Å². The molecule has 2 aliphatic rings. The molecule has 1 aromatic heterocycles. The van der Waals surface area contributed by atoms with Crippen molar-refractivity contribution in [2.45, 2.75) is 29.9 Å². The van der Waals surface area contributed by atoms with Gasteiger partial charge in [-0.15, -0.1) is 11.3 Å². The highest BCUT2D eigenvalue weighted by molar-refractivity contribution is 7.91. The van der Waals surface area contributed by atoms with Gasteiger partial charge in [-0.1, -0.05) is 18.0 Å². The molecule has 0 saturated heterocycles. The lowest BCUT2D eigenvalue weighted by Crippen LogP contribution is -2.31. The molecular formula is C12H16ClNO2S2. The fourth-order valence-electron chi connectivity index (χ4n) is 3.36. The van der Waals surface area contributed by atoms with E-state index in [0.717, 1.165) is 23.2 Å². The summed E-state index contributed by atoms with van der Waals surface area (Å²) in [6.07, 6.45) is 5.12. The van der Waals surface area contributed by atoms with Crippen molar-refractivity contribution in [1.29, 1.82) is 0 Å². The minimum atomic E-state index is -3.36. The Morgan fingerprint density at radius 3 is 2.72 bits per heavy atom. The maximum atomic E-state index is 12.0. The monoisotopic (exact) mass is 305 g/mol. The molecule has 3 rings (SSSR count). The molecule has 0 radical (unpaired) electrons. The molecule has 2 fully saturated rings. The van der Waals surface area contributed by atoms with Crippen molar-refractivity contribution in [3.63, 3.8) is 0 Å². The number of rotatable bonds is 4. The van der Waals surface area contributed by atoms with E-state index in [1.165, 1.54) is 25.7 Å². The Bertz CT molecular complexity index is 540. The Morgan fingerprint density at radius 1 is 1.33 bits per heavy atom. The topological polar surface area (TPSA) is 46.2 Å². The first kappa shape index (κ1) is 12.9. The molecule has 1 aromatic rings. The Morgan fingerprint density at radius 2 is 2.17 bits per heavy atom. The Labute approximate surface area is 117 Å². The van der Waals surface area contributed by atoms with Gasteiger partial charge in [0.2, 0.25) is 10.0 Å². The second kappa shape index (κ2) is 4.78. The summed E-state index contributed by atoms with van der Waals surface area (Å²) in [4.78, 5) is 0. The molecule has 2 saturated carbocycles. The third-order valence-corrected chi connectivity index (χ3v) is 7.38. The second-order valence-electron chi connectivity index (χ2n) is 5.35. The molecule has 2 aliphatic carbocycles. The van der Waals surface area contributed by atoms with Crippen LogP contribution >= 0.6 is 22.9 Å². The van der Waals surface area contributed by atoms with Gasteiger partial charge >= 0.3 is 0 Å². The van der Waals surface area contributed by atoms with Gasteiger partial charge in [0.1, 0.15) is 4.21 Å². The van der Waals surface area contributed by atoms with Crippen molar-refractivity contribution < 1.29 is 8.42 Å². The molecule has 18 heavy (non-hydrogen) atoms. The molecule has 0 spiro atoms. The number of hydrogen-bond acceptors (Lipinski definition) is 3. The van der Waals surface area contributed by atoms with Crippen molar-refractivity contribution >= 4 is 33.0 Å². The van der Waals surface area contributed by atoms with Crippen LogP contribution < -0.4 is 4.72 Å². The van der Waals surface area contributed by atoms with E-state index in [2.05, 4.69) is 4.72 Å². The Hall–Kier alpha value is -0.100. The summed E-state index contributed by atoms with van der Waals surface area (Å²) >= 11 is 6.88. The highest BCUT2D eigenvalue weighted by Gasteiger charge is 2.39. The van der Waals surface area contributed by atoms with Crippen molar-refractivity contribution in [1.82, 2.24) is 4.72 Å². The minimum Gasteiger partial charge on any atom is -0.210 e. The van der Waals surface area contributed by atoms with E-state index in [9.17, 15) is 8.42 Å². The van der Waals surface area contributed by atoms with Gasteiger partial charge in [-0.25, -0.2) is 13.1 Å². The number of sulfonamides is 1. The average Bonchev–Trinajstić information content (AvgIpc) is 3.01. The molecule has 1 N–H and O–H groups in total. The van der Waals surface area contributed by atoms with Gasteiger partial charge in [0, 0.05) is 6.54 Å². The fraction of sp³-hybridized carbons (Fsp3) is 0.667. The first-order valence-electron chi connectivity index (χ1n) is 6.29. The zero-order chi connectivity index (χ0) is 12.8. The van der Waals surface area contributed by atoms with E-state index in [1.807, 2.05) is 0 Å². The van der Waals surface area contributed by atoms with Gasteiger partial charge in [-0.2, -0.15) is 0 Å². The molecule has 0 amide bonds. The molecule has 0 aromatic carbocycles. The van der Waals surface area contributed by atoms with Crippen molar-refractivity contribution in [3.8, 4) is 0 Å². The summed E-state index contributed by atoms with van der Waals surface area (Å²) in [5.41, 5.74) is 0. The van der Waals surface area contributed by atoms with E-state index in [1.54, 1.807) is 12.1 Å². The SMILES string of the molecule is O=S(=O)(NC[C@@H]1C[C@@H]2CC[C@H]1C2)c1ccc(Cl)s1. The first-order valence-corrected chi connectivity index (χ1v) is 8.97. The highest BCUT2D eigenvalue weighted by atomic mass is 35.5. The molecule has 0 unspecified atom stereocenters. The number of halogens is 1. The first-order chi connectivity index (χ1) is 8.54. The fourth-order valence-corrected chi connectivity index (χ4v) is 5.98. The number of hydrogen-bond donors (Lipinski definition) is 1. The van der Waals surface area contributed by atoms with Gasteiger partial charge < -0.3 is 0 Å². The summed E-state index contributed by atoms with van der Waals surface area (Å²) in [7, 11) is -3.36. The molecule has 6 heteroatoms. The van der Waals surface area contributed by atoms with Crippen LogP contribution in [0.4, 0.5) is 0 Å². The quantitative estimate of drug-likeness (QED) is 0.929.